The van der Waals surface area contributed by atoms with E-state index in [2.05, 4.69) is 15.5 Å². The first-order chi connectivity index (χ1) is 7.05. The van der Waals surface area contributed by atoms with Crippen molar-refractivity contribution in [1.29, 1.82) is 0 Å². The molecule has 1 saturated carbocycles. The molecule has 1 aliphatic carbocycles. The summed E-state index contributed by atoms with van der Waals surface area (Å²) in [4.78, 5) is 0. The summed E-state index contributed by atoms with van der Waals surface area (Å²) in [5.74, 6) is 0. The topological polar surface area (TPSA) is 47.0 Å². The lowest BCUT2D eigenvalue weighted by atomic mass is 10.3. The first kappa shape index (κ1) is 10.9. The van der Waals surface area contributed by atoms with Crippen LogP contribution in [0.4, 0.5) is 5.69 Å². The van der Waals surface area contributed by atoms with Crippen LogP contribution in [-0.4, -0.2) is 29.0 Å². The molecule has 0 amide bonds. The van der Waals surface area contributed by atoms with Gasteiger partial charge >= 0.3 is 0 Å². The van der Waals surface area contributed by atoms with Gasteiger partial charge in [0.2, 0.25) is 0 Å². The Balaban J connectivity index is 2.09. The molecule has 0 aliphatic heterocycles. The van der Waals surface area contributed by atoms with Crippen molar-refractivity contribution in [1.82, 2.24) is 10.2 Å². The lowest BCUT2D eigenvalue weighted by molar-refractivity contribution is 0.0936. The van der Waals surface area contributed by atoms with E-state index in [0.717, 1.165) is 6.42 Å². The Bertz CT molecular complexity index is 388. The number of ether oxygens (including phenoxy) is 1. The molecule has 0 spiro atoms. The second-order valence-electron chi connectivity index (χ2n) is 3.79. The Hall–Kier alpha value is -0.580. The van der Waals surface area contributed by atoms with E-state index in [0.29, 0.717) is 16.0 Å². The summed E-state index contributed by atoms with van der Waals surface area (Å²) in [7, 11) is 1.70. The van der Waals surface area contributed by atoms with Gasteiger partial charge in [0, 0.05) is 19.6 Å². The normalized spacial score (nSPS) is 28.9. The van der Waals surface area contributed by atoms with E-state index < -0.39 is 0 Å². The number of methoxy groups -OCH3 is 1. The van der Waals surface area contributed by atoms with Crippen LogP contribution in [0.25, 0.3) is 0 Å². The predicted octanol–water partition coefficient (Wildman–Crippen LogP) is 2.37. The Morgan fingerprint density at radius 1 is 1.53 bits per heavy atom. The number of nitrogens with one attached hydrogen (secondary N) is 1. The van der Waals surface area contributed by atoms with Gasteiger partial charge in [0.1, 0.15) is 0 Å². The summed E-state index contributed by atoms with van der Waals surface area (Å²) in [5, 5.41) is 11.2. The molecule has 1 fully saturated rings. The molecule has 1 heterocycles. The number of anilines is 1. The highest BCUT2D eigenvalue weighted by Gasteiger charge is 2.51. The molecule has 1 aromatic heterocycles. The molecule has 2 unspecified atom stereocenters. The third-order valence-electron chi connectivity index (χ3n) is 2.70. The van der Waals surface area contributed by atoms with Crippen molar-refractivity contribution in [3.8, 4) is 0 Å². The van der Waals surface area contributed by atoms with Gasteiger partial charge in [-0.25, -0.2) is 0 Å². The standard InChI is InChI=1S/C9H11Cl2N3O/c1-9(15-2)4-6(9)12-5-3-7(10)13-14-8(5)11/h3,6H,4H2,1-2H3,(H,12,13). The third-order valence-corrected chi connectivity index (χ3v) is 3.17. The highest BCUT2D eigenvalue weighted by molar-refractivity contribution is 6.33. The van der Waals surface area contributed by atoms with Crippen molar-refractivity contribution in [2.24, 2.45) is 0 Å². The summed E-state index contributed by atoms with van der Waals surface area (Å²) < 4.78 is 5.33. The first-order valence-corrected chi connectivity index (χ1v) is 5.31. The molecule has 6 heteroatoms. The number of halogens is 2. The second-order valence-corrected chi connectivity index (χ2v) is 4.53. The third kappa shape index (κ3) is 2.17. The molecule has 1 aliphatic rings. The fourth-order valence-electron chi connectivity index (χ4n) is 1.42. The van der Waals surface area contributed by atoms with Crippen LogP contribution in [0.5, 0.6) is 0 Å². The number of nitrogens with zero attached hydrogens (tertiary/aromatic N) is 2. The molecular formula is C9H11Cl2N3O. The minimum absolute atomic E-state index is 0.112. The Morgan fingerprint density at radius 3 is 2.87 bits per heavy atom. The number of rotatable bonds is 3. The van der Waals surface area contributed by atoms with Gasteiger partial charge in [-0.05, 0) is 6.92 Å². The van der Waals surface area contributed by atoms with Crippen molar-refractivity contribution >= 4 is 28.9 Å². The van der Waals surface area contributed by atoms with Crippen molar-refractivity contribution in [2.75, 3.05) is 12.4 Å². The molecule has 15 heavy (non-hydrogen) atoms. The smallest absolute Gasteiger partial charge is 0.174 e. The van der Waals surface area contributed by atoms with Crippen molar-refractivity contribution in [3.05, 3.63) is 16.4 Å². The van der Waals surface area contributed by atoms with Gasteiger partial charge in [0.05, 0.1) is 17.3 Å². The number of hydrogen-bond donors (Lipinski definition) is 1. The van der Waals surface area contributed by atoms with Gasteiger partial charge in [-0.1, -0.05) is 23.2 Å². The zero-order chi connectivity index (χ0) is 11.1. The predicted molar refractivity (Wildman–Crippen MR) is 59.5 cm³/mol. The summed E-state index contributed by atoms with van der Waals surface area (Å²) in [6, 6.07) is 1.91. The SMILES string of the molecule is COC1(C)CC1Nc1cc(Cl)nnc1Cl. The van der Waals surface area contributed by atoms with Crippen molar-refractivity contribution < 1.29 is 4.74 Å². The average molecular weight is 248 g/mol. The van der Waals surface area contributed by atoms with Gasteiger partial charge in [-0.3, -0.25) is 0 Å². The van der Waals surface area contributed by atoms with Gasteiger partial charge in [-0.15, -0.1) is 10.2 Å². The largest absolute Gasteiger partial charge is 0.377 e. The maximum atomic E-state index is 5.87. The van der Waals surface area contributed by atoms with Crippen LogP contribution < -0.4 is 5.32 Å². The Labute approximate surface area is 97.9 Å². The fourth-order valence-corrected chi connectivity index (χ4v) is 1.71. The van der Waals surface area contributed by atoms with E-state index in [1.54, 1.807) is 13.2 Å². The van der Waals surface area contributed by atoms with Crippen LogP contribution in [-0.2, 0) is 4.74 Å². The monoisotopic (exact) mass is 247 g/mol. The van der Waals surface area contributed by atoms with Crippen LogP contribution >= 0.6 is 23.2 Å². The van der Waals surface area contributed by atoms with Crippen LogP contribution in [0.15, 0.2) is 6.07 Å². The van der Waals surface area contributed by atoms with E-state index in [-0.39, 0.29) is 11.6 Å². The minimum Gasteiger partial charge on any atom is -0.377 e. The summed E-state index contributed by atoms with van der Waals surface area (Å²) in [6.45, 7) is 2.04. The molecule has 0 aromatic carbocycles. The summed E-state index contributed by atoms with van der Waals surface area (Å²) in [5.41, 5.74) is 0.585. The molecule has 0 saturated heterocycles. The zero-order valence-corrected chi connectivity index (χ0v) is 9.93. The molecule has 1 N–H and O–H groups in total. The lowest BCUT2D eigenvalue weighted by Crippen LogP contribution is -2.18. The maximum Gasteiger partial charge on any atom is 0.174 e. The quantitative estimate of drug-likeness (QED) is 0.891. The van der Waals surface area contributed by atoms with Crippen LogP contribution in [0, 0.1) is 0 Å². The van der Waals surface area contributed by atoms with Crippen LogP contribution in [0.1, 0.15) is 13.3 Å². The van der Waals surface area contributed by atoms with Crippen LogP contribution in [0.3, 0.4) is 0 Å². The van der Waals surface area contributed by atoms with E-state index in [9.17, 15) is 0 Å². The van der Waals surface area contributed by atoms with E-state index >= 15 is 0 Å². The summed E-state index contributed by atoms with van der Waals surface area (Å²) in [6.07, 6.45) is 0.944. The number of aromatic nitrogens is 2. The van der Waals surface area contributed by atoms with Gasteiger partial charge in [0.15, 0.2) is 10.3 Å². The van der Waals surface area contributed by atoms with Gasteiger partial charge in [-0.2, -0.15) is 0 Å². The molecular weight excluding hydrogens is 237 g/mol. The summed E-state index contributed by atoms with van der Waals surface area (Å²) >= 11 is 11.6. The van der Waals surface area contributed by atoms with Gasteiger partial charge in [0.25, 0.3) is 0 Å². The Kier molecular flexibility index (Phi) is 2.75. The zero-order valence-electron chi connectivity index (χ0n) is 8.42. The fraction of sp³-hybridized carbons (Fsp3) is 0.556. The minimum atomic E-state index is -0.112. The average Bonchev–Trinajstić information content (AvgIpc) is 2.84. The first-order valence-electron chi connectivity index (χ1n) is 4.55. The van der Waals surface area contributed by atoms with Crippen molar-refractivity contribution in [3.63, 3.8) is 0 Å². The number of hydrogen-bond acceptors (Lipinski definition) is 4. The molecule has 2 rings (SSSR count). The van der Waals surface area contributed by atoms with E-state index in [1.165, 1.54) is 0 Å². The molecule has 4 nitrogen and oxygen atoms in total. The molecule has 0 bridgehead atoms. The lowest BCUT2D eigenvalue weighted by Gasteiger charge is -2.11. The molecule has 1 aromatic rings. The van der Waals surface area contributed by atoms with E-state index in [4.69, 9.17) is 27.9 Å². The molecule has 82 valence electrons. The molecule has 2 atom stereocenters. The highest BCUT2D eigenvalue weighted by atomic mass is 35.5. The maximum absolute atomic E-state index is 5.87. The van der Waals surface area contributed by atoms with E-state index in [1.807, 2.05) is 6.92 Å². The second kappa shape index (κ2) is 3.77. The molecule has 0 radical (unpaired) electrons. The van der Waals surface area contributed by atoms with Crippen molar-refractivity contribution in [2.45, 2.75) is 25.0 Å². The van der Waals surface area contributed by atoms with Gasteiger partial charge < -0.3 is 10.1 Å². The van der Waals surface area contributed by atoms with Crippen LogP contribution in [0.2, 0.25) is 10.3 Å². The Morgan fingerprint density at radius 2 is 2.27 bits per heavy atom. The highest BCUT2D eigenvalue weighted by Crippen LogP contribution is 2.41.